The predicted octanol–water partition coefficient (Wildman–Crippen LogP) is 9.80. The van der Waals surface area contributed by atoms with E-state index in [0.29, 0.717) is 0 Å². The Morgan fingerprint density at radius 1 is 0.537 bits per heavy atom. The Morgan fingerprint density at radius 3 is 1.46 bits per heavy atom. The van der Waals surface area contributed by atoms with Gasteiger partial charge in [0.15, 0.2) is 5.71 Å². The fraction of sp³-hybridized carbons (Fsp3) is 0.125. The van der Waals surface area contributed by atoms with Gasteiger partial charge < -0.3 is 0 Å². The fourth-order valence-electron chi connectivity index (χ4n) is 6.14. The molecule has 1 heterocycles. The van der Waals surface area contributed by atoms with Crippen LogP contribution in [0, 0.1) is 0 Å². The molecule has 0 amide bonds. The van der Waals surface area contributed by atoms with Crippen molar-refractivity contribution >= 4 is 28.6 Å². The Bertz CT molecular complexity index is 1700. The highest BCUT2D eigenvalue weighted by atomic mass is 15.0. The molecule has 0 saturated heterocycles. The maximum Gasteiger partial charge on any atom is 0.209 e. The smallest absolute Gasteiger partial charge is 0.195 e. The first-order valence-electron chi connectivity index (χ1n) is 14.5. The van der Waals surface area contributed by atoms with Gasteiger partial charge in [-0.15, -0.1) is 0 Å². The van der Waals surface area contributed by atoms with Gasteiger partial charge in [-0.25, -0.2) is 0 Å². The Balaban J connectivity index is 1.44. The first-order chi connectivity index (χ1) is 20.1. The normalized spacial score (nSPS) is 13.8. The quantitative estimate of drug-likeness (QED) is 0.145. The highest BCUT2D eigenvalue weighted by Crippen LogP contribution is 2.40. The minimum Gasteiger partial charge on any atom is -0.195 e. The summed E-state index contributed by atoms with van der Waals surface area (Å²) in [6, 6.07) is 50.1. The second kappa shape index (κ2) is 11.4. The maximum absolute atomic E-state index is 2.45. The van der Waals surface area contributed by atoms with Crippen molar-refractivity contribution in [2.75, 3.05) is 6.54 Å². The summed E-state index contributed by atoms with van der Waals surface area (Å²) in [7, 11) is 0. The number of benzene rings is 5. The predicted molar refractivity (Wildman–Crippen MR) is 175 cm³/mol. The molecule has 0 unspecified atom stereocenters. The van der Waals surface area contributed by atoms with Crippen LogP contribution in [0.25, 0.3) is 17.2 Å². The molecule has 0 saturated carbocycles. The van der Waals surface area contributed by atoms with Crippen molar-refractivity contribution in [1.29, 1.82) is 0 Å². The standard InChI is InChI=1S/C40H36N/c1-4-41-36-23-15-14-22-35(36)40(2,3)37(41)29-26-30-24-27-34(28-25-30)39(33-20-12-7-13-21-33)38(31-16-8-5-9-17-31)32-18-10-6-11-19-32/h5-29H,4H2,1-3H3/q+1/b29-26+. The second-order valence-electron chi connectivity index (χ2n) is 11.1. The number of nitrogens with zero attached hydrogens (tertiary/aromatic N) is 1. The first kappa shape index (κ1) is 26.5. The van der Waals surface area contributed by atoms with Crippen molar-refractivity contribution < 1.29 is 4.58 Å². The number of allylic oxidation sites excluding steroid dienone is 1. The summed E-state index contributed by atoms with van der Waals surface area (Å²) in [5.74, 6) is 0. The first-order valence-corrected chi connectivity index (χ1v) is 14.5. The summed E-state index contributed by atoms with van der Waals surface area (Å²) in [4.78, 5) is 0. The lowest BCUT2D eigenvalue weighted by Gasteiger charge is -2.18. The van der Waals surface area contributed by atoms with Crippen molar-refractivity contribution in [2.24, 2.45) is 0 Å². The highest BCUT2D eigenvalue weighted by Gasteiger charge is 2.43. The van der Waals surface area contributed by atoms with Crippen LogP contribution in [0.3, 0.4) is 0 Å². The zero-order chi connectivity index (χ0) is 28.2. The van der Waals surface area contributed by atoms with Gasteiger partial charge in [0.2, 0.25) is 5.69 Å². The minimum absolute atomic E-state index is 0.0352. The second-order valence-corrected chi connectivity index (χ2v) is 11.1. The molecule has 1 heteroatoms. The zero-order valence-electron chi connectivity index (χ0n) is 24.1. The molecule has 0 aliphatic carbocycles. The van der Waals surface area contributed by atoms with Crippen LogP contribution in [0.5, 0.6) is 0 Å². The van der Waals surface area contributed by atoms with Gasteiger partial charge >= 0.3 is 0 Å². The molecule has 6 rings (SSSR count). The van der Waals surface area contributed by atoms with E-state index in [4.69, 9.17) is 0 Å². The van der Waals surface area contributed by atoms with E-state index < -0.39 is 0 Å². The molecule has 200 valence electrons. The number of hydrogen-bond donors (Lipinski definition) is 0. The number of fused-ring (bicyclic) bond motifs is 1. The molecule has 0 radical (unpaired) electrons. The van der Waals surface area contributed by atoms with E-state index in [2.05, 4.69) is 177 Å². The van der Waals surface area contributed by atoms with E-state index in [9.17, 15) is 0 Å². The largest absolute Gasteiger partial charge is 0.209 e. The average Bonchev–Trinajstić information content (AvgIpc) is 3.25. The van der Waals surface area contributed by atoms with E-state index >= 15 is 0 Å². The van der Waals surface area contributed by atoms with Crippen LogP contribution < -0.4 is 0 Å². The molecule has 0 atom stereocenters. The molecule has 0 N–H and O–H groups in total. The zero-order valence-corrected chi connectivity index (χ0v) is 24.1. The minimum atomic E-state index is -0.0352. The van der Waals surface area contributed by atoms with Crippen LogP contribution in [-0.2, 0) is 5.41 Å². The Hall–Kier alpha value is -4.75. The van der Waals surface area contributed by atoms with E-state index in [0.717, 1.165) is 6.54 Å². The molecule has 0 spiro atoms. The van der Waals surface area contributed by atoms with Crippen molar-refractivity contribution in [3.05, 3.63) is 179 Å². The van der Waals surface area contributed by atoms with Crippen LogP contribution in [0.2, 0.25) is 0 Å². The Kier molecular flexibility index (Phi) is 7.35. The van der Waals surface area contributed by atoms with E-state index in [1.165, 1.54) is 55.9 Å². The van der Waals surface area contributed by atoms with Gasteiger partial charge in [0.1, 0.15) is 6.54 Å². The summed E-state index contributed by atoms with van der Waals surface area (Å²) < 4.78 is 2.45. The van der Waals surface area contributed by atoms with Crippen molar-refractivity contribution in [1.82, 2.24) is 0 Å². The van der Waals surface area contributed by atoms with E-state index in [1.807, 2.05) is 0 Å². The number of para-hydroxylation sites is 1. The number of rotatable bonds is 7. The van der Waals surface area contributed by atoms with Crippen LogP contribution in [0.1, 0.15) is 54.2 Å². The molecule has 1 aliphatic heterocycles. The number of hydrogen-bond acceptors (Lipinski definition) is 0. The molecule has 0 bridgehead atoms. The molecular weight excluding hydrogens is 494 g/mol. The van der Waals surface area contributed by atoms with Crippen molar-refractivity contribution in [2.45, 2.75) is 26.2 Å². The summed E-state index contributed by atoms with van der Waals surface area (Å²) in [6.07, 6.45) is 4.57. The summed E-state index contributed by atoms with van der Waals surface area (Å²) in [5, 5.41) is 0. The molecular formula is C40H36N+. The summed E-state index contributed by atoms with van der Waals surface area (Å²) in [6.45, 7) is 7.84. The monoisotopic (exact) mass is 530 g/mol. The van der Waals surface area contributed by atoms with Gasteiger partial charge in [0, 0.05) is 17.7 Å². The molecule has 0 aromatic heterocycles. The Labute approximate surface area is 244 Å². The lowest BCUT2D eigenvalue weighted by atomic mass is 9.81. The van der Waals surface area contributed by atoms with Gasteiger partial charge in [-0.2, -0.15) is 4.58 Å². The topological polar surface area (TPSA) is 3.01 Å². The van der Waals surface area contributed by atoms with Crippen molar-refractivity contribution in [3.8, 4) is 0 Å². The highest BCUT2D eigenvalue weighted by molar-refractivity contribution is 6.06. The van der Waals surface area contributed by atoms with Gasteiger partial charge in [-0.3, -0.25) is 0 Å². The van der Waals surface area contributed by atoms with Crippen LogP contribution in [-0.4, -0.2) is 16.8 Å². The molecule has 1 nitrogen and oxygen atoms in total. The van der Waals surface area contributed by atoms with Crippen LogP contribution in [0.15, 0.2) is 146 Å². The lowest BCUT2D eigenvalue weighted by molar-refractivity contribution is -0.433. The molecule has 0 fully saturated rings. The van der Waals surface area contributed by atoms with Gasteiger partial charge in [0.25, 0.3) is 0 Å². The van der Waals surface area contributed by atoms with Crippen LogP contribution in [0.4, 0.5) is 5.69 Å². The van der Waals surface area contributed by atoms with Crippen LogP contribution >= 0.6 is 0 Å². The molecule has 1 aliphatic rings. The fourth-order valence-corrected chi connectivity index (χ4v) is 6.14. The van der Waals surface area contributed by atoms with E-state index in [1.54, 1.807) is 0 Å². The summed E-state index contributed by atoms with van der Waals surface area (Å²) in [5.41, 5.74) is 12.5. The Morgan fingerprint density at radius 2 is 0.976 bits per heavy atom. The third kappa shape index (κ3) is 5.12. The van der Waals surface area contributed by atoms with Gasteiger partial charge in [-0.05, 0) is 65.8 Å². The van der Waals surface area contributed by atoms with Gasteiger partial charge in [0.05, 0.1) is 5.41 Å². The third-order valence-corrected chi connectivity index (χ3v) is 8.19. The van der Waals surface area contributed by atoms with Gasteiger partial charge in [-0.1, -0.05) is 133 Å². The average molecular weight is 531 g/mol. The van der Waals surface area contributed by atoms with Crippen molar-refractivity contribution in [3.63, 3.8) is 0 Å². The maximum atomic E-state index is 2.45. The SMILES string of the molecule is CC[N+]1=C(/C=C/c2ccc(C(=C(c3ccccc3)c3ccccc3)c3ccccc3)cc2)C(C)(C)c2ccccc21. The summed E-state index contributed by atoms with van der Waals surface area (Å²) >= 11 is 0. The molecule has 41 heavy (non-hydrogen) atoms. The third-order valence-electron chi connectivity index (χ3n) is 8.19. The molecule has 5 aromatic carbocycles. The lowest BCUT2D eigenvalue weighted by Crippen LogP contribution is -2.27. The molecule has 5 aromatic rings. The van der Waals surface area contributed by atoms with E-state index in [-0.39, 0.29) is 5.41 Å².